The Morgan fingerprint density at radius 1 is 0.862 bits per heavy atom. The van der Waals surface area contributed by atoms with Crippen LogP contribution in [0.15, 0.2) is 53.0 Å². The first-order valence-electron chi connectivity index (χ1n) is 10.5. The quantitative estimate of drug-likeness (QED) is 0.708. The van der Waals surface area contributed by atoms with Crippen LogP contribution < -0.4 is 0 Å². The van der Waals surface area contributed by atoms with E-state index in [-0.39, 0.29) is 34.3 Å². The highest BCUT2D eigenvalue weighted by atomic mass is 16.5. The molecule has 1 aromatic carbocycles. The monoisotopic (exact) mass is 394 g/mol. The fourth-order valence-corrected chi connectivity index (χ4v) is 5.15. The van der Waals surface area contributed by atoms with Gasteiger partial charge in [-0.1, -0.05) is 58.0 Å². The average molecular weight is 395 g/mol. The highest BCUT2D eigenvalue weighted by Crippen LogP contribution is 2.51. The van der Waals surface area contributed by atoms with Crippen molar-refractivity contribution in [3.63, 3.8) is 0 Å². The van der Waals surface area contributed by atoms with Crippen molar-refractivity contribution in [2.45, 2.75) is 65.9 Å². The molecule has 2 aliphatic carbocycles. The molecule has 0 saturated carbocycles. The zero-order valence-corrected chi connectivity index (χ0v) is 17.7. The van der Waals surface area contributed by atoms with E-state index < -0.39 is 5.92 Å². The van der Waals surface area contributed by atoms with Gasteiger partial charge in [-0.25, -0.2) is 0 Å². The van der Waals surface area contributed by atoms with E-state index in [1.165, 1.54) is 0 Å². The molecule has 3 aliphatic rings. The van der Waals surface area contributed by atoms with Gasteiger partial charge in [-0.15, -0.1) is 0 Å². The summed E-state index contributed by atoms with van der Waals surface area (Å²) < 4.78 is 6.36. The summed E-state index contributed by atoms with van der Waals surface area (Å²) in [5.74, 6) is 0.465. The molecule has 4 rings (SSSR count). The van der Waals surface area contributed by atoms with Gasteiger partial charge in [-0.2, -0.15) is 0 Å². The maximum atomic E-state index is 13.1. The number of carbonyl (C=O) groups is 2. The van der Waals surface area contributed by atoms with Crippen molar-refractivity contribution in [3.8, 4) is 0 Å². The van der Waals surface area contributed by atoms with Crippen LogP contribution in [0.4, 0.5) is 0 Å². The van der Waals surface area contributed by atoms with Crippen molar-refractivity contribution >= 4 is 11.6 Å². The van der Waals surface area contributed by atoms with Gasteiger partial charge in [-0.05, 0) is 22.8 Å². The molecule has 0 saturated heterocycles. The van der Waals surface area contributed by atoms with Crippen LogP contribution in [0, 0.1) is 16.7 Å². The highest BCUT2D eigenvalue weighted by molar-refractivity contribution is 6.04. The van der Waals surface area contributed by atoms with Crippen molar-refractivity contribution < 1.29 is 19.4 Å². The molecule has 1 aromatic rings. The van der Waals surface area contributed by atoms with Gasteiger partial charge in [0.15, 0.2) is 11.6 Å². The van der Waals surface area contributed by atoms with Gasteiger partial charge in [0.2, 0.25) is 0 Å². The normalized spacial score (nSPS) is 28.8. The van der Waals surface area contributed by atoms with Crippen LogP contribution in [0.2, 0.25) is 0 Å². The maximum absolute atomic E-state index is 13.1. The van der Waals surface area contributed by atoms with E-state index in [4.69, 9.17) is 4.74 Å². The second-order valence-corrected chi connectivity index (χ2v) is 10.4. The summed E-state index contributed by atoms with van der Waals surface area (Å²) in [5, 5.41) is 10.8. The second-order valence-electron chi connectivity index (χ2n) is 10.4. The first-order chi connectivity index (χ1) is 13.6. The third kappa shape index (κ3) is 3.77. The number of ketones is 2. The molecule has 154 valence electrons. The zero-order valence-electron chi connectivity index (χ0n) is 17.7. The molecule has 1 N–H and O–H groups in total. The largest absolute Gasteiger partial charge is 0.512 e. The summed E-state index contributed by atoms with van der Waals surface area (Å²) in [6.07, 6.45) is 2.23. The van der Waals surface area contributed by atoms with Crippen molar-refractivity contribution in [1.29, 1.82) is 0 Å². The van der Waals surface area contributed by atoms with Gasteiger partial charge in [0.25, 0.3) is 0 Å². The lowest BCUT2D eigenvalue weighted by molar-refractivity contribution is -0.121. The molecule has 0 fully saturated rings. The first kappa shape index (κ1) is 19.9. The topological polar surface area (TPSA) is 63.6 Å². The van der Waals surface area contributed by atoms with Crippen LogP contribution in [0.1, 0.15) is 71.5 Å². The summed E-state index contributed by atoms with van der Waals surface area (Å²) in [5.41, 5.74) is 1.65. The third-order valence-electron chi connectivity index (χ3n) is 6.38. The minimum atomic E-state index is -0.392. The van der Waals surface area contributed by atoms with Crippen LogP contribution in [0.25, 0.3) is 0 Å². The number of carbonyl (C=O) groups excluding carboxylic acids is 2. The number of benzene rings is 1. The minimum absolute atomic E-state index is 0.0399. The maximum Gasteiger partial charge on any atom is 0.163 e. The molecule has 0 amide bonds. The summed E-state index contributed by atoms with van der Waals surface area (Å²) in [7, 11) is 0. The molecule has 0 spiro atoms. The summed E-state index contributed by atoms with van der Waals surface area (Å²) in [6, 6.07) is 9.94. The predicted octanol–water partition coefficient (Wildman–Crippen LogP) is 5.61. The Morgan fingerprint density at radius 3 is 2.07 bits per heavy atom. The van der Waals surface area contributed by atoms with Crippen molar-refractivity contribution in [1.82, 2.24) is 0 Å². The Hall–Kier alpha value is -2.36. The van der Waals surface area contributed by atoms with Gasteiger partial charge in [0.1, 0.15) is 17.6 Å². The summed E-state index contributed by atoms with van der Waals surface area (Å²) in [6.45, 7) is 8.13. The number of hydrogen-bond acceptors (Lipinski definition) is 4. The van der Waals surface area contributed by atoms with Gasteiger partial charge >= 0.3 is 0 Å². The van der Waals surface area contributed by atoms with Crippen molar-refractivity contribution in [3.05, 3.63) is 58.6 Å². The molecule has 4 nitrogen and oxygen atoms in total. The van der Waals surface area contributed by atoms with E-state index in [0.717, 1.165) is 5.56 Å². The number of ether oxygens (including phenoxy) is 1. The van der Waals surface area contributed by atoms with Crippen molar-refractivity contribution in [2.24, 2.45) is 16.7 Å². The van der Waals surface area contributed by atoms with Crippen LogP contribution in [-0.2, 0) is 14.3 Å². The van der Waals surface area contributed by atoms with E-state index >= 15 is 0 Å². The molecular weight excluding hydrogens is 364 g/mol. The van der Waals surface area contributed by atoms with Gasteiger partial charge < -0.3 is 9.84 Å². The van der Waals surface area contributed by atoms with E-state index in [2.05, 4.69) is 13.8 Å². The standard InChI is InChI=1S/C25H30O4/c1-24(2)11-17(26)22(18(27)12-24)16-10-20(15-8-6-5-7-9-15)29-21-14-25(3,4)13-19(28)23(16)21/h5-9,16,20,26H,10-14H2,1-4H3/t16-,20+/m1/s1. The van der Waals surface area contributed by atoms with Crippen LogP contribution in [0.5, 0.6) is 0 Å². The lowest BCUT2D eigenvalue weighted by Crippen LogP contribution is -2.38. The van der Waals surface area contributed by atoms with Crippen molar-refractivity contribution in [2.75, 3.05) is 0 Å². The number of Topliss-reactive ketones (excluding diaryl/α,β-unsaturated/α-hetero) is 2. The Labute approximate surface area is 172 Å². The molecule has 4 heteroatoms. The van der Waals surface area contributed by atoms with E-state index in [1.54, 1.807) is 0 Å². The highest BCUT2D eigenvalue weighted by Gasteiger charge is 2.46. The Morgan fingerprint density at radius 2 is 1.45 bits per heavy atom. The summed E-state index contributed by atoms with van der Waals surface area (Å²) >= 11 is 0. The number of allylic oxidation sites excluding steroid dienone is 4. The Bertz CT molecular complexity index is 917. The molecule has 0 radical (unpaired) electrons. The minimum Gasteiger partial charge on any atom is -0.512 e. The van der Waals surface area contributed by atoms with Gasteiger partial charge in [0.05, 0.1) is 0 Å². The average Bonchev–Trinajstić information content (AvgIpc) is 2.59. The predicted molar refractivity (Wildman–Crippen MR) is 111 cm³/mol. The molecular formula is C25H30O4. The van der Waals surface area contributed by atoms with E-state index in [0.29, 0.717) is 49.0 Å². The molecule has 0 bridgehead atoms. The zero-order chi connectivity index (χ0) is 21.0. The molecule has 29 heavy (non-hydrogen) atoms. The Balaban J connectivity index is 1.82. The molecule has 0 aromatic heterocycles. The molecule has 0 unspecified atom stereocenters. The fraction of sp³-hybridized carbons (Fsp3) is 0.520. The van der Waals surface area contributed by atoms with E-state index in [1.807, 2.05) is 44.2 Å². The molecule has 1 aliphatic heterocycles. The van der Waals surface area contributed by atoms with Crippen LogP contribution in [-0.4, -0.2) is 16.7 Å². The molecule has 2 atom stereocenters. The van der Waals surface area contributed by atoms with E-state index in [9.17, 15) is 14.7 Å². The number of aliphatic hydroxyl groups is 1. The van der Waals surface area contributed by atoms with Gasteiger partial charge in [0, 0.05) is 42.7 Å². The number of aliphatic hydroxyl groups excluding tert-OH is 1. The Kier molecular flexibility index (Phi) is 4.71. The SMILES string of the molecule is CC1(C)CC(=O)C([C@H]2C[C@@H](c3ccccc3)OC3=C2C(=O)CC(C)(C)C3)=C(O)C1. The molecule has 1 heterocycles. The lowest BCUT2D eigenvalue weighted by atomic mass is 9.66. The lowest BCUT2D eigenvalue weighted by Gasteiger charge is -2.42. The van der Waals surface area contributed by atoms with Gasteiger partial charge in [-0.3, -0.25) is 9.59 Å². The smallest absolute Gasteiger partial charge is 0.163 e. The fourth-order valence-electron chi connectivity index (χ4n) is 5.15. The van der Waals surface area contributed by atoms with Crippen LogP contribution in [0.3, 0.4) is 0 Å². The first-order valence-corrected chi connectivity index (χ1v) is 10.5. The summed E-state index contributed by atoms with van der Waals surface area (Å²) in [4.78, 5) is 26.2. The number of rotatable bonds is 2. The van der Waals surface area contributed by atoms with Crippen LogP contribution >= 0.6 is 0 Å². The second kappa shape index (κ2) is 6.86. The third-order valence-corrected chi connectivity index (χ3v) is 6.38. The number of hydrogen-bond donors (Lipinski definition) is 1.